The highest BCUT2D eigenvalue weighted by atomic mass is 16.3. The van der Waals surface area contributed by atoms with Crippen LogP contribution in [0.1, 0.15) is 31.5 Å². The molecule has 0 aromatic carbocycles. The van der Waals surface area contributed by atoms with Crippen LogP contribution < -0.4 is 10.2 Å². The lowest BCUT2D eigenvalue weighted by Crippen LogP contribution is -2.23. The molecular weight excluding hydrogens is 228 g/mol. The molecule has 0 atom stereocenters. The molecule has 0 spiro atoms. The first-order valence-corrected chi connectivity index (χ1v) is 6.63. The molecule has 1 aliphatic rings. The van der Waals surface area contributed by atoms with Crippen molar-refractivity contribution in [2.45, 2.75) is 38.6 Å². The van der Waals surface area contributed by atoms with Gasteiger partial charge in [-0.1, -0.05) is 12.8 Å². The molecular formula is C13H22N4O. The molecule has 1 saturated carbocycles. The molecule has 1 fully saturated rings. The Morgan fingerprint density at radius 2 is 2.11 bits per heavy atom. The Morgan fingerprint density at radius 1 is 1.39 bits per heavy atom. The van der Waals surface area contributed by atoms with Crippen molar-refractivity contribution in [2.24, 2.45) is 0 Å². The smallest absolute Gasteiger partial charge is 0.134 e. The fraction of sp³-hybridized carbons (Fsp3) is 0.692. The number of likely N-dealkylation sites (N-methyl/N-ethyl adjacent to an activating group) is 1. The van der Waals surface area contributed by atoms with E-state index in [0.29, 0.717) is 12.6 Å². The first kappa shape index (κ1) is 13.1. The highest BCUT2D eigenvalue weighted by Crippen LogP contribution is 2.23. The minimum absolute atomic E-state index is 0.130. The lowest BCUT2D eigenvalue weighted by molar-refractivity contribution is 0.304. The fourth-order valence-corrected chi connectivity index (χ4v) is 2.37. The van der Waals surface area contributed by atoms with Crippen molar-refractivity contribution in [1.29, 1.82) is 0 Å². The third-order valence-electron chi connectivity index (χ3n) is 3.36. The topological polar surface area (TPSA) is 61.3 Å². The quantitative estimate of drug-likeness (QED) is 0.830. The Bertz CT molecular complexity index is 391. The summed E-state index contributed by atoms with van der Waals surface area (Å²) in [5.74, 6) is 2.52. The second kappa shape index (κ2) is 6.00. The van der Waals surface area contributed by atoms with Crippen LogP contribution >= 0.6 is 0 Å². The summed E-state index contributed by atoms with van der Waals surface area (Å²) in [5, 5.41) is 12.4. The Kier molecular flexibility index (Phi) is 4.36. The van der Waals surface area contributed by atoms with Crippen LogP contribution in [0.25, 0.3) is 0 Å². The van der Waals surface area contributed by atoms with E-state index in [1.165, 1.54) is 25.7 Å². The van der Waals surface area contributed by atoms with E-state index < -0.39 is 0 Å². The number of rotatable bonds is 5. The SMILES string of the molecule is Cc1nc(NC2CCCC2)cc(N(C)CCO)n1. The standard InChI is InChI=1S/C13H22N4O/c1-10-14-12(16-11-5-3-4-6-11)9-13(15-10)17(2)7-8-18/h9,11,18H,3-8H2,1-2H3,(H,14,15,16). The number of nitrogens with zero attached hydrogens (tertiary/aromatic N) is 3. The van der Waals surface area contributed by atoms with Gasteiger partial charge in [0, 0.05) is 25.7 Å². The van der Waals surface area contributed by atoms with E-state index in [1.807, 2.05) is 24.9 Å². The lowest BCUT2D eigenvalue weighted by Gasteiger charge is -2.19. The first-order chi connectivity index (χ1) is 8.69. The van der Waals surface area contributed by atoms with Gasteiger partial charge in [0.2, 0.25) is 0 Å². The normalized spacial score (nSPS) is 15.9. The van der Waals surface area contributed by atoms with E-state index in [9.17, 15) is 0 Å². The Balaban J connectivity index is 2.09. The van der Waals surface area contributed by atoms with Gasteiger partial charge in [0.1, 0.15) is 17.5 Å². The molecule has 2 rings (SSSR count). The van der Waals surface area contributed by atoms with Gasteiger partial charge in [0.15, 0.2) is 0 Å². The number of hydrogen-bond acceptors (Lipinski definition) is 5. The molecule has 1 heterocycles. The average molecular weight is 250 g/mol. The highest BCUT2D eigenvalue weighted by molar-refractivity contribution is 5.49. The van der Waals surface area contributed by atoms with E-state index in [-0.39, 0.29) is 6.61 Å². The molecule has 1 aromatic heterocycles. The minimum Gasteiger partial charge on any atom is -0.395 e. The fourth-order valence-electron chi connectivity index (χ4n) is 2.37. The lowest BCUT2D eigenvalue weighted by atomic mass is 10.2. The molecule has 0 unspecified atom stereocenters. The van der Waals surface area contributed by atoms with E-state index in [1.54, 1.807) is 0 Å². The van der Waals surface area contributed by atoms with Gasteiger partial charge in [-0.2, -0.15) is 0 Å². The monoisotopic (exact) mass is 250 g/mol. The summed E-state index contributed by atoms with van der Waals surface area (Å²) in [6.45, 7) is 2.61. The van der Waals surface area contributed by atoms with Crippen molar-refractivity contribution in [3.8, 4) is 0 Å². The van der Waals surface area contributed by atoms with Crippen LogP contribution in [-0.4, -0.2) is 41.3 Å². The van der Waals surface area contributed by atoms with Gasteiger partial charge in [-0.15, -0.1) is 0 Å². The third-order valence-corrected chi connectivity index (χ3v) is 3.36. The summed E-state index contributed by atoms with van der Waals surface area (Å²) in [6, 6.07) is 2.51. The number of nitrogens with one attached hydrogen (secondary N) is 1. The summed E-state index contributed by atoms with van der Waals surface area (Å²) in [7, 11) is 1.93. The Morgan fingerprint density at radius 3 is 2.78 bits per heavy atom. The highest BCUT2D eigenvalue weighted by Gasteiger charge is 2.16. The predicted octanol–water partition coefficient (Wildman–Crippen LogP) is 1.57. The van der Waals surface area contributed by atoms with E-state index in [2.05, 4.69) is 15.3 Å². The van der Waals surface area contributed by atoms with E-state index in [0.717, 1.165) is 17.5 Å². The molecule has 5 heteroatoms. The Hall–Kier alpha value is -1.36. The molecule has 0 radical (unpaired) electrons. The summed E-state index contributed by atoms with van der Waals surface area (Å²) in [6.07, 6.45) is 5.06. The second-order valence-corrected chi connectivity index (χ2v) is 4.93. The summed E-state index contributed by atoms with van der Waals surface area (Å²) >= 11 is 0. The van der Waals surface area contributed by atoms with Gasteiger partial charge in [-0.05, 0) is 19.8 Å². The van der Waals surface area contributed by atoms with Gasteiger partial charge in [0.05, 0.1) is 6.61 Å². The third kappa shape index (κ3) is 3.32. The molecule has 18 heavy (non-hydrogen) atoms. The van der Waals surface area contributed by atoms with Crippen LogP contribution in [0, 0.1) is 6.92 Å². The summed E-state index contributed by atoms with van der Waals surface area (Å²) < 4.78 is 0. The van der Waals surface area contributed by atoms with Crippen molar-refractivity contribution in [3.63, 3.8) is 0 Å². The average Bonchev–Trinajstić information content (AvgIpc) is 2.81. The van der Waals surface area contributed by atoms with Crippen molar-refractivity contribution in [3.05, 3.63) is 11.9 Å². The van der Waals surface area contributed by atoms with Gasteiger partial charge < -0.3 is 15.3 Å². The maximum atomic E-state index is 8.97. The van der Waals surface area contributed by atoms with Crippen LogP contribution in [0.15, 0.2) is 6.07 Å². The number of anilines is 2. The summed E-state index contributed by atoms with van der Waals surface area (Å²) in [4.78, 5) is 10.8. The zero-order valence-electron chi connectivity index (χ0n) is 11.2. The number of hydrogen-bond donors (Lipinski definition) is 2. The van der Waals surface area contributed by atoms with Gasteiger partial charge in [0.25, 0.3) is 0 Å². The molecule has 5 nitrogen and oxygen atoms in total. The molecule has 1 aliphatic carbocycles. The van der Waals surface area contributed by atoms with E-state index >= 15 is 0 Å². The predicted molar refractivity (Wildman–Crippen MR) is 73.0 cm³/mol. The molecule has 0 bridgehead atoms. The van der Waals surface area contributed by atoms with Crippen molar-refractivity contribution in [1.82, 2.24) is 9.97 Å². The van der Waals surface area contributed by atoms with Gasteiger partial charge in [-0.3, -0.25) is 0 Å². The van der Waals surface area contributed by atoms with Crippen LogP contribution in [0.4, 0.5) is 11.6 Å². The zero-order valence-corrected chi connectivity index (χ0v) is 11.2. The largest absolute Gasteiger partial charge is 0.395 e. The summed E-state index contributed by atoms with van der Waals surface area (Å²) in [5.41, 5.74) is 0. The first-order valence-electron chi connectivity index (χ1n) is 6.63. The van der Waals surface area contributed by atoms with Crippen LogP contribution in [0.2, 0.25) is 0 Å². The van der Waals surface area contributed by atoms with Crippen molar-refractivity contribution < 1.29 is 5.11 Å². The maximum absolute atomic E-state index is 8.97. The molecule has 0 amide bonds. The molecule has 0 aliphatic heterocycles. The number of aliphatic hydroxyl groups is 1. The number of aliphatic hydroxyl groups excluding tert-OH is 1. The second-order valence-electron chi connectivity index (χ2n) is 4.93. The molecule has 0 saturated heterocycles. The minimum atomic E-state index is 0.130. The van der Waals surface area contributed by atoms with Crippen LogP contribution in [-0.2, 0) is 0 Å². The number of aryl methyl sites for hydroxylation is 1. The Labute approximate surface area is 108 Å². The van der Waals surface area contributed by atoms with Gasteiger partial charge >= 0.3 is 0 Å². The van der Waals surface area contributed by atoms with E-state index in [4.69, 9.17) is 5.11 Å². The van der Waals surface area contributed by atoms with Crippen molar-refractivity contribution in [2.75, 3.05) is 30.4 Å². The van der Waals surface area contributed by atoms with Gasteiger partial charge in [-0.25, -0.2) is 9.97 Å². The van der Waals surface area contributed by atoms with Crippen LogP contribution in [0.3, 0.4) is 0 Å². The molecule has 1 aromatic rings. The molecule has 2 N–H and O–H groups in total. The maximum Gasteiger partial charge on any atom is 0.134 e. The molecule has 100 valence electrons. The van der Waals surface area contributed by atoms with Crippen molar-refractivity contribution >= 4 is 11.6 Å². The number of aromatic nitrogens is 2. The van der Waals surface area contributed by atoms with Crippen LogP contribution in [0.5, 0.6) is 0 Å². The zero-order chi connectivity index (χ0) is 13.0.